The van der Waals surface area contributed by atoms with Crippen molar-refractivity contribution >= 4 is 0 Å². The molecule has 1 nitrogen and oxygen atoms in total. The first-order valence-corrected chi connectivity index (χ1v) is 5.77. The summed E-state index contributed by atoms with van der Waals surface area (Å²) in [5, 5.41) is 0. The van der Waals surface area contributed by atoms with Gasteiger partial charge in [-0.25, -0.2) is 0 Å². The van der Waals surface area contributed by atoms with Crippen molar-refractivity contribution in [1.82, 2.24) is 4.90 Å². The van der Waals surface area contributed by atoms with Crippen molar-refractivity contribution in [3.8, 4) is 0 Å². The molecule has 0 aromatic heterocycles. The fraction of sp³-hybridized carbons (Fsp3) is 0.538. The van der Waals surface area contributed by atoms with Crippen LogP contribution in [0.15, 0.2) is 24.3 Å². The molecule has 74 valence electrons. The predicted octanol–water partition coefficient (Wildman–Crippen LogP) is 2.77. The maximum atomic E-state index is 2.67. The normalized spacial score (nSPS) is 26.7. The Kier molecular flexibility index (Phi) is 2.06. The van der Waals surface area contributed by atoms with Crippen LogP contribution in [-0.4, -0.2) is 18.0 Å². The van der Waals surface area contributed by atoms with Crippen molar-refractivity contribution in [3.05, 3.63) is 35.4 Å². The minimum Gasteiger partial charge on any atom is -0.296 e. The zero-order valence-corrected chi connectivity index (χ0v) is 8.58. The van der Waals surface area contributed by atoms with E-state index in [1.54, 1.807) is 11.1 Å². The van der Waals surface area contributed by atoms with Crippen molar-refractivity contribution < 1.29 is 0 Å². The number of hydrogen-bond donors (Lipinski definition) is 0. The maximum Gasteiger partial charge on any atom is 0.0350 e. The number of piperidine rings is 1. The van der Waals surface area contributed by atoms with E-state index in [1.165, 1.54) is 38.8 Å². The Morgan fingerprint density at radius 2 is 2.00 bits per heavy atom. The summed E-state index contributed by atoms with van der Waals surface area (Å²) in [5.74, 6) is 0. The Balaban J connectivity index is 1.99. The van der Waals surface area contributed by atoms with E-state index in [1.807, 2.05) is 0 Å². The van der Waals surface area contributed by atoms with Gasteiger partial charge in [0, 0.05) is 12.6 Å². The molecule has 0 bridgehead atoms. The summed E-state index contributed by atoms with van der Waals surface area (Å²) in [6.07, 6.45) is 5.44. The zero-order valence-electron chi connectivity index (χ0n) is 8.58. The lowest BCUT2D eigenvalue weighted by atomic mass is 9.87. The second-order valence-electron chi connectivity index (χ2n) is 4.50. The van der Waals surface area contributed by atoms with Gasteiger partial charge in [-0.3, -0.25) is 4.90 Å². The van der Waals surface area contributed by atoms with E-state index in [0.29, 0.717) is 0 Å². The highest BCUT2D eigenvalue weighted by Gasteiger charge is 2.28. The summed E-state index contributed by atoms with van der Waals surface area (Å²) < 4.78 is 0. The molecular weight excluding hydrogens is 170 g/mol. The molecular formula is C13H17N. The fourth-order valence-corrected chi connectivity index (χ4v) is 2.96. The Labute approximate surface area is 85.7 Å². The van der Waals surface area contributed by atoms with E-state index >= 15 is 0 Å². The molecule has 2 aliphatic rings. The van der Waals surface area contributed by atoms with E-state index in [9.17, 15) is 0 Å². The molecule has 3 rings (SSSR count). The summed E-state index contributed by atoms with van der Waals surface area (Å²) >= 11 is 0. The Morgan fingerprint density at radius 1 is 1.07 bits per heavy atom. The van der Waals surface area contributed by atoms with Gasteiger partial charge in [0.25, 0.3) is 0 Å². The van der Waals surface area contributed by atoms with Gasteiger partial charge < -0.3 is 0 Å². The van der Waals surface area contributed by atoms with Gasteiger partial charge in [0.2, 0.25) is 0 Å². The van der Waals surface area contributed by atoms with E-state index in [-0.39, 0.29) is 0 Å². The predicted molar refractivity (Wildman–Crippen MR) is 58.3 cm³/mol. The van der Waals surface area contributed by atoms with Gasteiger partial charge in [-0.2, -0.15) is 0 Å². The van der Waals surface area contributed by atoms with Gasteiger partial charge >= 0.3 is 0 Å². The molecule has 0 amide bonds. The second-order valence-corrected chi connectivity index (χ2v) is 4.50. The highest BCUT2D eigenvalue weighted by atomic mass is 15.2. The minimum atomic E-state index is 0.744. The quantitative estimate of drug-likeness (QED) is 0.603. The van der Waals surface area contributed by atoms with Crippen LogP contribution in [-0.2, 0) is 6.42 Å². The van der Waals surface area contributed by atoms with Gasteiger partial charge in [-0.05, 0) is 36.9 Å². The monoisotopic (exact) mass is 187 g/mol. The third-order valence-corrected chi connectivity index (χ3v) is 3.70. The molecule has 2 aliphatic heterocycles. The Bertz CT molecular complexity index is 332. The molecule has 0 N–H and O–H groups in total. The molecule has 2 heterocycles. The first kappa shape index (κ1) is 8.49. The fourth-order valence-electron chi connectivity index (χ4n) is 2.96. The Hall–Kier alpha value is -0.820. The lowest BCUT2D eigenvalue weighted by Crippen LogP contribution is -2.38. The van der Waals surface area contributed by atoms with Crippen molar-refractivity contribution in [3.63, 3.8) is 0 Å². The highest BCUT2D eigenvalue weighted by molar-refractivity contribution is 5.32. The molecule has 1 atom stereocenters. The number of benzene rings is 1. The van der Waals surface area contributed by atoms with Crippen LogP contribution < -0.4 is 0 Å². The molecule has 1 fully saturated rings. The van der Waals surface area contributed by atoms with Crippen LogP contribution in [0.1, 0.15) is 36.4 Å². The molecule has 0 spiro atoms. The molecule has 0 aliphatic carbocycles. The molecule has 0 radical (unpaired) electrons. The van der Waals surface area contributed by atoms with E-state index in [2.05, 4.69) is 29.2 Å². The molecule has 1 saturated heterocycles. The summed E-state index contributed by atoms with van der Waals surface area (Å²) in [5.41, 5.74) is 3.20. The largest absolute Gasteiger partial charge is 0.296 e. The molecule has 1 aromatic carbocycles. The van der Waals surface area contributed by atoms with Crippen molar-refractivity contribution in [2.24, 2.45) is 0 Å². The van der Waals surface area contributed by atoms with Crippen molar-refractivity contribution in [1.29, 1.82) is 0 Å². The SMILES string of the molecule is c1ccc2c(c1)CCN1CCCC[C@H]21. The summed E-state index contributed by atoms with van der Waals surface area (Å²) in [4.78, 5) is 2.67. The third kappa shape index (κ3) is 1.27. The molecule has 0 unspecified atom stereocenters. The van der Waals surface area contributed by atoms with Gasteiger partial charge in [0.1, 0.15) is 0 Å². The van der Waals surface area contributed by atoms with Crippen LogP contribution >= 0.6 is 0 Å². The van der Waals surface area contributed by atoms with Gasteiger partial charge in [-0.15, -0.1) is 0 Å². The molecule has 1 aromatic rings. The topological polar surface area (TPSA) is 3.24 Å². The van der Waals surface area contributed by atoms with Crippen LogP contribution in [0, 0.1) is 0 Å². The van der Waals surface area contributed by atoms with E-state index < -0.39 is 0 Å². The third-order valence-electron chi connectivity index (χ3n) is 3.70. The van der Waals surface area contributed by atoms with Crippen LogP contribution in [0.5, 0.6) is 0 Å². The first-order valence-electron chi connectivity index (χ1n) is 5.77. The maximum absolute atomic E-state index is 2.67. The van der Waals surface area contributed by atoms with Crippen LogP contribution in [0.25, 0.3) is 0 Å². The molecule has 1 heteroatoms. The van der Waals surface area contributed by atoms with E-state index in [0.717, 1.165) is 6.04 Å². The van der Waals surface area contributed by atoms with Gasteiger partial charge in [0.15, 0.2) is 0 Å². The zero-order chi connectivity index (χ0) is 9.38. The van der Waals surface area contributed by atoms with Crippen molar-refractivity contribution in [2.75, 3.05) is 13.1 Å². The Morgan fingerprint density at radius 3 is 3.00 bits per heavy atom. The minimum absolute atomic E-state index is 0.744. The van der Waals surface area contributed by atoms with Crippen LogP contribution in [0.4, 0.5) is 0 Å². The first-order chi connectivity index (χ1) is 6.95. The number of nitrogens with zero attached hydrogens (tertiary/aromatic N) is 1. The lowest BCUT2D eigenvalue weighted by molar-refractivity contribution is 0.138. The van der Waals surface area contributed by atoms with Crippen LogP contribution in [0.3, 0.4) is 0 Å². The average molecular weight is 187 g/mol. The number of rotatable bonds is 0. The highest BCUT2D eigenvalue weighted by Crippen LogP contribution is 2.35. The second kappa shape index (κ2) is 3.39. The molecule has 0 saturated carbocycles. The van der Waals surface area contributed by atoms with Crippen LogP contribution in [0.2, 0.25) is 0 Å². The average Bonchev–Trinajstić information content (AvgIpc) is 2.29. The number of fused-ring (bicyclic) bond motifs is 3. The summed E-state index contributed by atoms with van der Waals surface area (Å²) in [7, 11) is 0. The standard InChI is InChI=1S/C13H17N/c1-2-6-12-11(5-1)8-10-14-9-4-3-7-13(12)14/h1-2,5-6,13H,3-4,7-10H2/t13-/m1/s1. The molecule has 14 heavy (non-hydrogen) atoms. The smallest absolute Gasteiger partial charge is 0.0350 e. The van der Waals surface area contributed by atoms with Gasteiger partial charge in [-0.1, -0.05) is 30.7 Å². The lowest BCUT2D eigenvalue weighted by Gasteiger charge is -2.40. The summed E-state index contributed by atoms with van der Waals surface area (Å²) in [6, 6.07) is 9.75. The van der Waals surface area contributed by atoms with Crippen molar-refractivity contribution in [2.45, 2.75) is 31.7 Å². The van der Waals surface area contributed by atoms with Gasteiger partial charge in [0.05, 0.1) is 0 Å². The number of hydrogen-bond acceptors (Lipinski definition) is 1. The van der Waals surface area contributed by atoms with E-state index in [4.69, 9.17) is 0 Å². The summed E-state index contributed by atoms with van der Waals surface area (Å²) in [6.45, 7) is 2.60.